The number of hydrogen-bond donors (Lipinski definition) is 2. The summed E-state index contributed by atoms with van der Waals surface area (Å²) in [6, 6.07) is 6.85. The second-order valence-corrected chi connectivity index (χ2v) is 42.1. The molecule has 52 heteroatoms. The van der Waals surface area contributed by atoms with Crippen molar-refractivity contribution in [2.24, 2.45) is 21.7 Å². The topological polar surface area (TPSA) is 388 Å². The number of nitrogens with one attached hydrogen (secondary N) is 2. The van der Waals surface area contributed by atoms with Gasteiger partial charge < -0.3 is 44.6 Å². The highest BCUT2D eigenvalue weighted by Crippen LogP contribution is 2.47. The average Bonchev–Trinajstić information content (AvgIpc) is 1.63. The predicted octanol–water partition coefficient (Wildman–Crippen LogP) is 13.2. The summed E-state index contributed by atoms with van der Waals surface area (Å²) in [4.78, 5) is 98.6. The number of fused-ring (bicyclic) bond motifs is 4. The third-order valence-corrected chi connectivity index (χ3v) is 25.7. The number of hydrogen-bond acceptors (Lipinski definition) is 29. The third-order valence-electron chi connectivity index (χ3n) is 24.2. The van der Waals surface area contributed by atoms with Gasteiger partial charge in [0.05, 0.1) is 62.1 Å². The molecule has 8 aliphatic rings. The standard InChI is InChI=1S/C23H26F3N7O2.C19H20F3N7O2S.C18H18F3N7.C12H22N2O2.C11H5ClF3N5.CH3ClO2S/c1-21(2,3)35-20(34)31-8-5-22(6-9-31)13-32(14-22)17-4-7-27-19(30-17)15-10-29-18-11-28-16(12-33(15)18)23(24,25)26;1-32(30,31)28-6-3-18(4-7-28)11-27(12-18)15-2-5-23-17(26-15)13-8-25-16-9-24-14(10-29(13)16)19(20,21)22;19-18(20,21)13-9-28-12(7-25-15(28)8-24-13)16-23-4-1-14(26-16)27-10-17(11-27)2-5-22-6-3-17;1-11(2,3)16-10(15)14-6-4-12(5-7-14)8-13-9-12;12-8-1-2-16-10(19-8)6-3-18-9-4-17-7(5-20(6)9)11(13,14)15;1-5(2,3)4/h4,7,10-12H,5-6,8-9,13-14H2,1-3H3;2,5,8-10H,3-4,6-7,11-12H2,1H3;1,4,7-9,22H,2-3,5-6,10-11H2;13H,4-9H2,1-3H3;1-5H;1H3. The van der Waals surface area contributed by atoms with E-state index in [1.54, 1.807) is 35.6 Å². The summed E-state index contributed by atoms with van der Waals surface area (Å²) in [5, 5.41) is 6.89. The van der Waals surface area contributed by atoms with Crippen molar-refractivity contribution < 1.29 is 88.6 Å². The molecule has 8 aliphatic heterocycles. The number of carbonyl (C=O) groups excluding carboxylic acids is 2. The van der Waals surface area contributed by atoms with Gasteiger partial charge in [0.1, 0.15) is 56.6 Å². The zero-order chi connectivity index (χ0) is 97.7. The molecule has 0 atom stereocenters. The molecule has 728 valence electrons. The van der Waals surface area contributed by atoms with E-state index >= 15 is 0 Å². The highest BCUT2D eigenvalue weighted by Gasteiger charge is 2.50. The van der Waals surface area contributed by atoms with Gasteiger partial charge >= 0.3 is 36.9 Å². The average molecular weight is 1990 g/mol. The molecule has 0 bridgehead atoms. The molecular weight excluding hydrogens is 1890 g/mol. The smallest absolute Gasteiger partial charge is 0.434 e. The molecule has 0 aromatic carbocycles. The van der Waals surface area contributed by atoms with E-state index in [-0.39, 0.29) is 68.2 Å². The number of imidazole rings is 4. The number of rotatable bonds is 8. The number of likely N-dealkylation sites (tertiary alicyclic amines) is 2. The highest BCUT2D eigenvalue weighted by atomic mass is 35.7. The zero-order valence-corrected chi connectivity index (χ0v) is 77.7. The Morgan fingerprint density at radius 2 is 0.647 bits per heavy atom. The van der Waals surface area contributed by atoms with E-state index in [1.165, 1.54) is 65.2 Å². The van der Waals surface area contributed by atoms with Crippen LogP contribution in [0.4, 0.5) is 79.7 Å². The molecule has 4 spiro atoms. The molecule has 12 aromatic rings. The molecule has 8 fully saturated rings. The number of piperidine rings is 4. The fraction of sp³-hybridized carbons (Fsp3) is 0.500. The molecule has 0 radical (unpaired) electrons. The summed E-state index contributed by atoms with van der Waals surface area (Å²) in [5.74, 6) is 3.24. The van der Waals surface area contributed by atoms with E-state index < -0.39 is 72.2 Å². The molecular formula is C84H94Cl2F12N28O8S2. The Kier molecular flexibility index (Phi) is 27.6. The molecule has 136 heavy (non-hydrogen) atoms. The van der Waals surface area contributed by atoms with E-state index in [9.17, 15) is 79.1 Å². The molecule has 0 unspecified atom stereocenters. The van der Waals surface area contributed by atoms with Crippen LogP contribution in [-0.4, -0.2) is 269 Å². The Morgan fingerprint density at radius 3 is 0.912 bits per heavy atom. The number of anilines is 3. The van der Waals surface area contributed by atoms with Crippen molar-refractivity contribution in [1.82, 2.24) is 122 Å². The summed E-state index contributed by atoms with van der Waals surface area (Å²) in [6.45, 7) is 24.6. The number of amides is 2. The minimum atomic E-state index is -4.57. The number of carbonyl (C=O) groups is 2. The van der Waals surface area contributed by atoms with E-state index in [4.69, 9.17) is 21.1 Å². The molecule has 20 heterocycles. The van der Waals surface area contributed by atoms with Crippen molar-refractivity contribution in [2.75, 3.05) is 132 Å². The fourth-order valence-electron chi connectivity index (χ4n) is 17.0. The van der Waals surface area contributed by atoms with Gasteiger partial charge in [0.2, 0.25) is 19.1 Å². The normalized spacial score (nSPS) is 18.2. The van der Waals surface area contributed by atoms with Crippen LogP contribution in [-0.2, 0) is 53.3 Å². The van der Waals surface area contributed by atoms with Gasteiger partial charge in [-0.05, 0) is 136 Å². The van der Waals surface area contributed by atoms with Crippen molar-refractivity contribution in [2.45, 2.75) is 129 Å². The summed E-state index contributed by atoms with van der Waals surface area (Å²) >= 11 is 5.74. The summed E-state index contributed by atoms with van der Waals surface area (Å²) in [6.07, 6.45) is 11.2. The number of aromatic nitrogens is 20. The highest BCUT2D eigenvalue weighted by molar-refractivity contribution is 8.13. The third kappa shape index (κ3) is 23.6. The maximum atomic E-state index is 13.1. The number of nitrogens with zero attached hydrogens (tertiary/aromatic N) is 26. The van der Waals surface area contributed by atoms with Crippen LogP contribution < -0.4 is 25.3 Å². The SMILES string of the molecule is CC(C)(C)OC(=O)N1CCC2(CC1)CN(c1ccnc(-c3cnc4cnc(C(F)(F)F)cn34)n1)C2.CC(C)(C)OC(=O)N1CCC2(CC1)CNC2.CS(=O)(=O)Cl.CS(=O)(=O)N1CCC2(CC1)CN(c1ccnc(-c3cnc4cnc(C(F)(F)F)cn34)n1)C2.FC(F)(F)c1cn2c(-c3nccc(Cl)n3)cnc2cn1.FC(F)(F)c1cn2c(-c3nccc(N4CC5(CCNCC5)C4)n3)cnc2cn1. The lowest BCUT2D eigenvalue weighted by molar-refractivity contribution is -0.142. The first kappa shape index (κ1) is 98.8. The van der Waals surface area contributed by atoms with Gasteiger partial charge in [0, 0.05) is 168 Å². The molecule has 2 amide bonds. The number of halogens is 14. The molecule has 20 rings (SSSR count). The van der Waals surface area contributed by atoms with E-state index in [0.29, 0.717) is 82.9 Å². The minimum absolute atomic E-state index is 0.0584. The van der Waals surface area contributed by atoms with E-state index in [0.717, 1.165) is 192 Å². The Bertz CT molecular complexity index is 6570. The summed E-state index contributed by atoms with van der Waals surface area (Å²) in [7, 11) is -1.86. The molecule has 36 nitrogen and oxygen atoms in total. The predicted molar refractivity (Wildman–Crippen MR) is 473 cm³/mol. The number of ether oxygens (including phenoxy) is 2. The zero-order valence-electron chi connectivity index (χ0n) is 74.5. The van der Waals surface area contributed by atoms with E-state index in [2.05, 4.69) is 116 Å². The van der Waals surface area contributed by atoms with Crippen molar-refractivity contribution in [3.8, 4) is 46.1 Å². The summed E-state index contributed by atoms with van der Waals surface area (Å²) in [5.41, 5.74) is -1.41. The van der Waals surface area contributed by atoms with Gasteiger partial charge in [0.25, 0.3) is 0 Å². The lowest BCUT2D eigenvalue weighted by atomic mass is 9.72. The summed E-state index contributed by atoms with van der Waals surface area (Å²) < 4.78 is 215. The van der Waals surface area contributed by atoms with Crippen LogP contribution >= 0.6 is 22.3 Å². The van der Waals surface area contributed by atoms with Gasteiger partial charge in [-0.3, -0.25) is 17.6 Å². The molecule has 8 saturated heterocycles. The Labute approximate surface area is 780 Å². The first-order valence-corrected chi connectivity index (χ1v) is 47.8. The largest absolute Gasteiger partial charge is 0.444 e. The van der Waals surface area contributed by atoms with Crippen LogP contribution in [0.3, 0.4) is 0 Å². The fourth-order valence-corrected chi connectivity index (χ4v) is 18.0. The number of sulfonamides is 1. The van der Waals surface area contributed by atoms with Crippen LogP contribution in [0.2, 0.25) is 5.15 Å². The molecule has 2 N–H and O–H groups in total. The lowest BCUT2D eigenvalue weighted by Gasteiger charge is -2.54. The van der Waals surface area contributed by atoms with Crippen LogP contribution in [0.1, 0.15) is 116 Å². The Hall–Kier alpha value is -11.7. The van der Waals surface area contributed by atoms with Crippen LogP contribution in [0.5, 0.6) is 0 Å². The van der Waals surface area contributed by atoms with Crippen molar-refractivity contribution >= 4 is 93.6 Å². The molecule has 12 aromatic heterocycles. The quantitative estimate of drug-likeness (QED) is 0.0810. The van der Waals surface area contributed by atoms with E-state index in [1.807, 2.05) is 52.5 Å². The van der Waals surface area contributed by atoms with Crippen LogP contribution in [0.25, 0.3) is 68.7 Å². The second kappa shape index (κ2) is 38.0. The first-order valence-electron chi connectivity index (χ1n) is 42.8. The van der Waals surface area contributed by atoms with Gasteiger partial charge in [-0.15, -0.1) is 0 Å². The first-order chi connectivity index (χ1) is 63.8. The van der Waals surface area contributed by atoms with Crippen molar-refractivity contribution in [3.05, 3.63) is 151 Å². The Balaban J connectivity index is 0.000000130. The van der Waals surface area contributed by atoms with Gasteiger partial charge in [-0.1, -0.05) is 11.6 Å². The Morgan fingerprint density at radius 1 is 0.375 bits per heavy atom. The maximum Gasteiger partial charge on any atom is 0.434 e. The number of alkyl halides is 12. The van der Waals surface area contributed by atoms with Crippen LogP contribution in [0, 0.1) is 21.7 Å². The minimum Gasteiger partial charge on any atom is -0.444 e. The second-order valence-electron chi connectivity index (χ2n) is 36.7. The van der Waals surface area contributed by atoms with Crippen molar-refractivity contribution in [3.63, 3.8) is 0 Å². The van der Waals surface area contributed by atoms with Gasteiger partial charge in [-0.2, -0.15) is 52.7 Å². The van der Waals surface area contributed by atoms with Gasteiger partial charge in [-0.25, -0.2) is 110 Å². The van der Waals surface area contributed by atoms with Crippen LogP contribution in [0.15, 0.2) is 123 Å². The monoisotopic (exact) mass is 1980 g/mol. The molecule has 0 saturated carbocycles. The maximum absolute atomic E-state index is 13.1. The van der Waals surface area contributed by atoms with Gasteiger partial charge in [0.15, 0.2) is 68.7 Å². The lowest BCUT2D eigenvalue weighted by Crippen LogP contribution is -2.61. The molecule has 0 aliphatic carbocycles. The van der Waals surface area contributed by atoms with Crippen molar-refractivity contribution in [1.29, 1.82) is 0 Å².